The maximum Gasteiger partial charge on any atom is 0.228 e. The second-order valence-electron chi connectivity index (χ2n) is 5.89. The number of amides is 1. The summed E-state index contributed by atoms with van der Waals surface area (Å²) in [4.78, 5) is 12.4. The van der Waals surface area contributed by atoms with Gasteiger partial charge in [0.05, 0.1) is 24.4 Å². The third-order valence-electron chi connectivity index (χ3n) is 4.69. The van der Waals surface area contributed by atoms with E-state index in [4.69, 9.17) is 10.00 Å². The highest BCUT2D eigenvalue weighted by Crippen LogP contribution is 2.58. The minimum Gasteiger partial charge on any atom is -0.495 e. The zero-order chi connectivity index (χ0) is 14.9. The molecule has 1 aliphatic heterocycles. The third-order valence-corrected chi connectivity index (χ3v) is 4.69. The van der Waals surface area contributed by atoms with Gasteiger partial charge in [-0.25, -0.2) is 0 Å². The highest BCUT2D eigenvalue weighted by Gasteiger charge is 2.57. The van der Waals surface area contributed by atoms with Crippen molar-refractivity contribution in [2.75, 3.05) is 25.5 Å². The van der Waals surface area contributed by atoms with Crippen LogP contribution in [0, 0.1) is 22.7 Å². The van der Waals surface area contributed by atoms with Crippen molar-refractivity contribution < 1.29 is 9.53 Å². The lowest BCUT2D eigenvalue weighted by Crippen LogP contribution is -2.31. The van der Waals surface area contributed by atoms with Crippen LogP contribution >= 0.6 is 0 Å². The first-order chi connectivity index (χ1) is 10.2. The Morgan fingerprint density at radius 3 is 2.90 bits per heavy atom. The summed E-state index contributed by atoms with van der Waals surface area (Å²) < 4.78 is 5.25. The molecule has 2 N–H and O–H groups in total. The maximum absolute atomic E-state index is 12.4. The van der Waals surface area contributed by atoms with Gasteiger partial charge in [-0.15, -0.1) is 0 Å². The molecule has 1 saturated carbocycles. The van der Waals surface area contributed by atoms with Crippen LogP contribution in [0.15, 0.2) is 18.2 Å². The molecule has 1 amide bonds. The zero-order valence-electron chi connectivity index (χ0n) is 12.1. The number of piperidine rings is 1. The van der Waals surface area contributed by atoms with Gasteiger partial charge in [0.25, 0.3) is 0 Å². The SMILES string of the molecule is COc1cc(C#N)ccc1NC(=O)C1CC12CCNCC2. The van der Waals surface area contributed by atoms with Crippen LogP contribution in [0.25, 0.3) is 0 Å². The Labute approximate surface area is 124 Å². The molecule has 1 aromatic rings. The number of anilines is 1. The highest BCUT2D eigenvalue weighted by molar-refractivity contribution is 5.96. The van der Waals surface area contributed by atoms with Crippen LogP contribution in [-0.4, -0.2) is 26.1 Å². The van der Waals surface area contributed by atoms with Crippen LogP contribution < -0.4 is 15.4 Å². The van der Waals surface area contributed by atoms with Gasteiger partial charge < -0.3 is 15.4 Å². The predicted molar refractivity (Wildman–Crippen MR) is 79.0 cm³/mol. The zero-order valence-corrected chi connectivity index (χ0v) is 12.1. The molecule has 0 radical (unpaired) electrons. The third kappa shape index (κ3) is 2.59. The Morgan fingerprint density at radius 1 is 1.48 bits per heavy atom. The fourth-order valence-corrected chi connectivity index (χ4v) is 3.28. The molecule has 1 heterocycles. The van der Waals surface area contributed by atoms with Gasteiger partial charge in [0.15, 0.2) is 0 Å². The Kier molecular flexibility index (Phi) is 3.56. The quantitative estimate of drug-likeness (QED) is 0.889. The average molecular weight is 285 g/mol. The number of rotatable bonds is 3. The lowest BCUT2D eigenvalue weighted by molar-refractivity contribution is -0.118. The molecule has 1 spiro atoms. The van der Waals surface area contributed by atoms with Gasteiger partial charge in [-0.2, -0.15) is 5.26 Å². The summed E-state index contributed by atoms with van der Waals surface area (Å²) in [6.07, 6.45) is 3.14. The first kappa shape index (κ1) is 13.9. The molecule has 2 aliphatic rings. The predicted octanol–water partition coefficient (Wildman–Crippen LogP) is 1.90. The lowest BCUT2D eigenvalue weighted by atomic mass is 9.92. The number of hydrogen-bond donors (Lipinski definition) is 2. The Morgan fingerprint density at radius 2 is 2.24 bits per heavy atom. The molecule has 21 heavy (non-hydrogen) atoms. The number of carbonyl (C=O) groups is 1. The first-order valence-electron chi connectivity index (χ1n) is 7.28. The number of hydrogen-bond acceptors (Lipinski definition) is 4. The van der Waals surface area contributed by atoms with Gasteiger partial charge in [0.2, 0.25) is 5.91 Å². The summed E-state index contributed by atoms with van der Waals surface area (Å²) in [5.41, 5.74) is 1.37. The Bertz CT molecular complexity index is 600. The lowest BCUT2D eigenvalue weighted by Gasteiger charge is -2.23. The minimum absolute atomic E-state index is 0.0694. The van der Waals surface area contributed by atoms with E-state index in [-0.39, 0.29) is 17.2 Å². The van der Waals surface area contributed by atoms with Crippen LogP contribution in [0.2, 0.25) is 0 Å². The molecule has 1 aromatic carbocycles. The van der Waals surface area contributed by atoms with Crippen molar-refractivity contribution in [3.05, 3.63) is 23.8 Å². The van der Waals surface area contributed by atoms with E-state index >= 15 is 0 Å². The molecule has 110 valence electrons. The maximum atomic E-state index is 12.4. The fraction of sp³-hybridized carbons (Fsp3) is 0.500. The topological polar surface area (TPSA) is 74.1 Å². The van der Waals surface area contributed by atoms with Crippen LogP contribution in [0.4, 0.5) is 5.69 Å². The number of nitrogens with zero attached hydrogens (tertiary/aromatic N) is 1. The van der Waals surface area contributed by atoms with Gasteiger partial charge in [0.1, 0.15) is 5.75 Å². The Balaban J connectivity index is 1.70. The monoisotopic (exact) mass is 285 g/mol. The molecule has 1 unspecified atom stereocenters. The summed E-state index contributed by atoms with van der Waals surface area (Å²) in [6.45, 7) is 2.01. The van der Waals surface area contributed by atoms with Gasteiger partial charge in [-0.3, -0.25) is 4.79 Å². The van der Waals surface area contributed by atoms with Gasteiger partial charge in [0, 0.05) is 12.0 Å². The molecule has 1 atom stereocenters. The second kappa shape index (κ2) is 5.38. The number of nitriles is 1. The van der Waals surface area contributed by atoms with Gasteiger partial charge in [-0.1, -0.05) is 0 Å². The summed E-state index contributed by atoms with van der Waals surface area (Å²) in [5.74, 6) is 0.710. The molecule has 1 aliphatic carbocycles. The first-order valence-corrected chi connectivity index (χ1v) is 7.28. The van der Waals surface area contributed by atoms with Gasteiger partial charge in [-0.05, 0) is 49.9 Å². The number of benzene rings is 1. The van der Waals surface area contributed by atoms with Crippen LogP contribution in [0.5, 0.6) is 5.75 Å². The molecule has 0 aromatic heterocycles. The highest BCUT2D eigenvalue weighted by atomic mass is 16.5. The van der Waals surface area contributed by atoms with E-state index < -0.39 is 0 Å². The van der Waals surface area contributed by atoms with E-state index in [1.54, 1.807) is 18.2 Å². The van der Waals surface area contributed by atoms with Crippen molar-refractivity contribution in [1.29, 1.82) is 5.26 Å². The van der Waals surface area contributed by atoms with Crippen molar-refractivity contribution in [2.45, 2.75) is 19.3 Å². The molecule has 0 bridgehead atoms. The fourth-order valence-electron chi connectivity index (χ4n) is 3.28. The summed E-state index contributed by atoms with van der Waals surface area (Å²) in [7, 11) is 1.54. The van der Waals surface area contributed by atoms with E-state index in [9.17, 15) is 4.79 Å². The molecule has 5 nitrogen and oxygen atoms in total. The number of methoxy groups -OCH3 is 1. The molecule has 1 saturated heterocycles. The number of carbonyl (C=O) groups excluding carboxylic acids is 1. The van der Waals surface area contributed by atoms with Crippen LogP contribution in [-0.2, 0) is 4.79 Å². The minimum atomic E-state index is 0.0694. The molecule has 2 fully saturated rings. The molecular formula is C16H19N3O2. The van der Waals surface area contributed by atoms with E-state index in [2.05, 4.69) is 16.7 Å². The van der Waals surface area contributed by atoms with Gasteiger partial charge >= 0.3 is 0 Å². The summed E-state index contributed by atoms with van der Waals surface area (Å²) in [6, 6.07) is 7.12. The molecular weight excluding hydrogens is 266 g/mol. The van der Waals surface area contributed by atoms with Crippen LogP contribution in [0.1, 0.15) is 24.8 Å². The largest absolute Gasteiger partial charge is 0.495 e. The second-order valence-corrected chi connectivity index (χ2v) is 5.89. The normalized spacial score (nSPS) is 22.4. The number of nitrogens with one attached hydrogen (secondary N) is 2. The van der Waals surface area contributed by atoms with E-state index in [0.29, 0.717) is 17.0 Å². The summed E-state index contributed by atoms with van der Waals surface area (Å²) >= 11 is 0. The van der Waals surface area contributed by atoms with Crippen molar-refractivity contribution in [2.24, 2.45) is 11.3 Å². The Hall–Kier alpha value is -2.06. The van der Waals surface area contributed by atoms with E-state index in [1.807, 2.05) is 0 Å². The molecule has 5 heteroatoms. The van der Waals surface area contributed by atoms with Crippen molar-refractivity contribution >= 4 is 11.6 Å². The number of ether oxygens (including phenoxy) is 1. The standard InChI is InChI=1S/C16H19N3O2/c1-21-14-8-11(10-17)2-3-13(14)19-15(20)12-9-16(12)4-6-18-7-5-16/h2-3,8,12,18H,4-7,9H2,1H3,(H,19,20). The van der Waals surface area contributed by atoms with E-state index in [0.717, 1.165) is 32.4 Å². The average Bonchev–Trinajstić information content (AvgIpc) is 3.21. The molecule has 3 rings (SSSR count). The van der Waals surface area contributed by atoms with Crippen LogP contribution in [0.3, 0.4) is 0 Å². The van der Waals surface area contributed by atoms with Crippen molar-refractivity contribution in [3.8, 4) is 11.8 Å². The van der Waals surface area contributed by atoms with Crippen molar-refractivity contribution in [3.63, 3.8) is 0 Å². The smallest absolute Gasteiger partial charge is 0.228 e. The summed E-state index contributed by atoms with van der Waals surface area (Å²) in [5, 5.41) is 15.2. The van der Waals surface area contributed by atoms with Crippen molar-refractivity contribution in [1.82, 2.24) is 5.32 Å². The van der Waals surface area contributed by atoms with E-state index in [1.165, 1.54) is 7.11 Å².